The van der Waals surface area contributed by atoms with Gasteiger partial charge < -0.3 is 10.2 Å². The van der Waals surface area contributed by atoms with E-state index in [2.05, 4.69) is 5.32 Å². The molecule has 1 atom stereocenters. The Labute approximate surface area is 215 Å². The fourth-order valence-electron chi connectivity index (χ4n) is 3.68. The van der Waals surface area contributed by atoms with E-state index in [1.54, 1.807) is 50.2 Å². The number of hydrogen-bond acceptors (Lipinski definition) is 4. The first-order valence-corrected chi connectivity index (χ1v) is 13.0. The van der Waals surface area contributed by atoms with Crippen LogP contribution in [0.1, 0.15) is 18.1 Å². The van der Waals surface area contributed by atoms with Gasteiger partial charge in [0.25, 0.3) is 10.0 Å². The molecule has 36 heavy (non-hydrogen) atoms. The minimum Gasteiger partial charge on any atom is -0.357 e. The minimum absolute atomic E-state index is 0.00149. The number of halogens is 2. The molecule has 0 aromatic heterocycles. The molecule has 0 aliphatic rings. The van der Waals surface area contributed by atoms with Crippen LogP contribution in [0, 0.1) is 12.7 Å². The van der Waals surface area contributed by atoms with Gasteiger partial charge in [0, 0.05) is 18.6 Å². The fraction of sp³-hybridized carbons (Fsp3) is 0.231. The molecule has 1 N–H and O–H groups in total. The van der Waals surface area contributed by atoms with Crippen LogP contribution in [0.25, 0.3) is 0 Å². The van der Waals surface area contributed by atoms with Crippen molar-refractivity contribution in [3.8, 4) is 0 Å². The lowest BCUT2D eigenvalue weighted by molar-refractivity contribution is -0.139. The second-order valence-electron chi connectivity index (χ2n) is 8.15. The number of amides is 2. The molecule has 190 valence electrons. The number of sulfonamides is 1. The van der Waals surface area contributed by atoms with Crippen molar-refractivity contribution >= 4 is 39.1 Å². The first kappa shape index (κ1) is 27.2. The average Bonchev–Trinajstić information content (AvgIpc) is 2.88. The van der Waals surface area contributed by atoms with Gasteiger partial charge in [-0.15, -0.1) is 0 Å². The number of rotatable bonds is 9. The van der Waals surface area contributed by atoms with Gasteiger partial charge in [-0.05, 0) is 61.4 Å². The number of anilines is 1. The zero-order valence-corrected chi connectivity index (χ0v) is 21.7. The van der Waals surface area contributed by atoms with Crippen LogP contribution < -0.4 is 9.62 Å². The average molecular weight is 532 g/mol. The molecule has 3 aromatic rings. The lowest BCUT2D eigenvalue weighted by atomic mass is 10.1. The van der Waals surface area contributed by atoms with E-state index in [1.807, 2.05) is 0 Å². The summed E-state index contributed by atoms with van der Waals surface area (Å²) < 4.78 is 41.8. The summed E-state index contributed by atoms with van der Waals surface area (Å²) >= 11 is 6.28. The fourth-order valence-corrected chi connectivity index (χ4v) is 5.34. The monoisotopic (exact) mass is 531 g/mol. The third kappa shape index (κ3) is 6.03. The van der Waals surface area contributed by atoms with E-state index >= 15 is 0 Å². The summed E-state index contributed by atoms with van der Waals surface area (Å²) in [5, 5.41) is 2.85. The summed E-state index contributed by atoms with van der Waals surface area (Å²) in [6.07, 6.45) is 0. The lowest BCUT2D eigenvalue weighted by Crippen LogP contribution is -2.50. The highest BCUT2D eigenvalue weighted by molar-refractivity contribution is 7.92. The Bertz CT molecular complexity index is 1340. The molecule has 2 amide bonds. The number of carbonyl (C=O) groups excluding carboxylic acids is 2. The van der Waals surface area contributed by atoms with Gasteiger partial charge >= 0.3 is 0 Å². The Balaban J connectivity index is 2.06. The van der Waals surface area contributed by atoms with Crippen LogP contribution >= 0.6 is 11.6 Å². The minimum atomic E-state index is -4.17. The number of benzene rings is 3. The van der Waals surface area contributed by atoms with Crippen molar-refractivity contribution in [2.45, 2.75) is 31.3 Å². The predicted octanol–water partition coefficient (Wildman–Crippen LogP) is 4.15. The maximum absolute atomic E-state index is 13.7. The molecule has 0 aliphatic heterocycles. The van der Waals surface area contributed by atoms with E-state index in [-0.39, 0.29) is 17.1 Å². The summed E-state index contributed by atoms with van der Waals surface area (Å²) in [5.74, 6) is -1.48. The topological polar surface area (TPSA) is 86.8 Å². The molecule has 0 heterocycles. The zero-order chi connectivity index (χ0) is 26.5. The van der Waals surface area contributed by atoms with Gasteiger partial charge in [0.05, 0.1) is 10.6 Å². The molecule has 0 aliphatic carbocycles. The second-order valence-corrected chi connectivity index (χ2v) is 10.4. The summed E-state index contributed by atoms with van der Waals surface area (Å²) in [6.45, 7) is 2.60. The quantitative estimate of drug-likeness (QED) is 0.449. The van der Waals surface area contributed by atoms with E-state index in [1.165, 1.54) is 48.3 Å². The molecule has 3 aromatic carbocycles. The Morgan fingerprint density at radius 2 is 1.64 bits per heavy atom. The third-order valence-corrected chi connectivity index (χ3v) is 7.98. The third-order valence-electron chi connectivity index (χ3n) is 5.80. The van der Waals surface area contributed by atoms with Crippen molar-refractivity contribution in [3.63, 3.8) is 0 Å². The largest absolute Gasteiger partial charge is 0.357 e. The second kappa shape index (κ2) is 11.5. The van der Waals surface area contributed by atoms with Crippen molar-refractivity contribution in [2.75, 3.05) is 17.9 Å². The molecular formula is C26H27ClFN3O4S. The van der Waals surface area contributed by atoms with Gasteiger partial charge in [-0.3, -0.25) is 13.9 Å². The van der Waals surface area contributed by atoms with Crippen molar-refractivity contribution in [1.29, 1.82) is 0 Å². The van der Waals surface area contributed by atoms with Crippen molar-refractivity contribution in [1.82, 2.24) is 10.2 Å². The summed E-state index contributed by atoms with van der Waals surface area (Å²) in [7, 11) is -2.73. The normalized spacial score (nSPS) is 12.0. The lowest BCUT2D eigenvalue weighted by Gasteiger charge is -2.32. The van der Waals surface area contributed by atoms with E-state index < -0.39 is 40.2 Å². The first-order chi connectivity index (χ1) is 17.1. The van der Waals surface area contributed by atoms with Crippen LogP contribution in [0.4, 0.5) is 10.1 Å². The molecule has 0 spiro atoms. The Kier molecular flexibility index (Phi) is 8.70. The van der Waals surface area contributed by atoms with Crippen LogP contribution in [0.5, 0.6) is 0 Å². The number of nitrogens with one attached hydrogen (secondary N) is 1. The zero-order valence-electron chi connectivity index (χ0n) is 20.1. The van der Waals surface area contributed by atoms with Crippen LogP contribution in [0.15, 0.2) is 77.7 Å². The smallest absolute Gasteiger partial charge is 0.264 e. The Morgan fingerprint density at radius 3 is 2.25 bits per heavy atom. The van der Waals surface area contributed by atoms with Crippen molar-refractivity contribution in [2.24, 2.45) is 0 Å². The van der Waals surface area contributed by atoms with Gasteiger partial charge in [0.15, 0.2) is 0 Å². The van der Waals surface area contributed by atoms with E-state index in [9.17, 15) is 22.4 Å². The van der Waals surface area contributed by atoms with Crippen LogP contribution in [0.3, 0.4) is 0 Å². The molecule has 10 heteroatoms. The van der Waals surface area contributed by atoms with E-state index in [0.29, 0.717) is 16.1 Å². The highest BCUT2D eigenvalue weighted by atomic mass is 35.5. The highest BCUT2D eigenvalue weighted by Gasteiger charge is 2.33. The highest BCUT2D eigenvalue weighted by Crippen LogP contribution is 2.31. The number of carbonyl (C=O) groups is 2. The number of nitrogens with zero attached hydrogens (tertiary/aromatic N) is 2. The van der Waals surface area contributed by atoms with Crippen molar-refractivity contribution < 1.29 is 22.4 Å². The molecule has 0 saturated heterocycles. The predicted molar refractivity (Wildman–Crippen MR) is 138 cm³/mol. The van der Waals surface area contributed by atoms with Gasteiger partial charge in [0.2, 0.25) is 11.8 Å². The number of hydrogen-bond donors (Lipinski definition) is 1. The molecule has 1 unspecified atom stereocenters. The molecule has 0 saturated carbocycles. The molecule has 7 nitrogen and oxygen atoms in total. The summed E-state index contributed by atoms with van der Waals surface area (Å²) in [5.41, 5.74) is 1.31. The Morgan fingerprint density at radius 1 is 1.00 bits per heavy atom. The van der Waals surface area contributed by atoms with Gasteiger partial charge in [0.1, 0.15) is 18.4 Å². The summed E-state index contributed by atoms with van der Waals surface area (Å²) in [4.78, 5) is 27.4. The number of likely N-dealkylation sites (N-methyl/N-ethyl adjacent to an activating group) is 1. The van der Waals surface area contributed by atoms with Gasteiger partial charge in [-0.2, -0.15) is 0 Å². The van der Waals surface area contributed by atoms with Crippen molar-refractivity contribution in [3.05, 3.63) is 94.8 Å². The SMILES string of the molecule is CNC(=O)C(C)N(Cc1ccc(F)cc1)C(=O)CN(c1cccc(Cl)c1C)S(=O)(=O)c1ccccc1. The van der Waals surface area contributed by atoms with E-state index in [4.69, 9.17) is 11.6 Å². The van der Waals surface area contributed by atoms with Crippen LogP contribution in [-0.2, 0) is 26.2 Å². The maximum Gasteiger partial charge on any atom is 0.264 e. The first-order valence-electron chi connectivity index (χ1n) is 11.1. The van der Waals surface area contributed by atoms with Gasteiger partial charge in [-0.1, -0.05) is 48.0 Å². The van der Waals surface area contributed by atoms with E-state index in [0.717, 1.165) is 4.31 Å². The van der Waals surface area contributed by atoms with Crippen LogP contribution in [-0.4, -0.2) is 44.8 Å². The maximum atomic E-state index is 13.7. The summed E-state index contributed by atoms with van der Waals surface area (Å²) in [6, 6.07) is 17.2. The molecular weight excluding hydrogens is 505 g/mol. The molecule has 0 fully saturated rings. The molecule has 0 bridgehead atoms. The standard InChI is InChI=1S/C26H27ClFN3O4S/c1-18-23(27)10-7-11-24(18)31(36(34,35)22-8-5-4-6-9-22)17-25(32)30(19(2)26(33)29-3)16-20-12-14-21(28)15-13-20/h4-15,19H,16-17H2,1-3H3,(H,29,33). The molecule has 0 radical (unpaired) electrons. The van der Waals surface area contributed by atoms with Crippen LogP contribution in [0.2, 0.25) is 5.02 Å². The van der Waals surface area contributed by atoms with Gasteiger partial charge in [-0.25, -0.2) is 12.8 Å². The molecule has 3 rings (SSSR count). The Hall–Kier alpha value is -3.43.